The summed E-state index contributed by atoms with van der Waals surface area (Å²) < 4.78 is 1.78. The number of nitrogens with zero attached hydrogens (tertiary/aromatic N) is 5. The molecule has 3 rings (SSSR count). The average Bonchev–Trinajstić information content (AvgIpc) is 3.25. The number of hydrogen-bond acceptors (Lipinski definition) is 6. The van der Waals surface area contributed by atoms with Gasteiger partial charge in [-0.25, -0.2) is 4.68 Å². The van der Waals surface area contributed by atoms with Crippen molar-refractivity contribution in [3.05, 3.63) is 22.4 Å². The second kappa shape index (κ2) is 7.44. The highest BCUT2D eigenvalue weighted by atomic mass is 32.2. The summed E-state index contributed by atoms with van der Waals surface area (Å²) in [6.45, 7) is 5.86. The molecule has 0 N–H and O–H groups in total. The highest BCUT2D eigenvalue weighted by molar-refractivity contribution is 7.99. The lowest BCUT2D eigenvalue weighted by molar-refractivity contribution is -0.129. The van der Waals surface area contributed by atoms with Crippen molar-refractivity contribution >= 4 is 29.0 Å². The monoisotopic (exact) mass is 351 g/mol. The van der Waals surface area contributed by atoms with E-state index >= 15 is 0 Å². The molecule has 1 unspecified atom stereocenters. The molecule has 23 heavy (non-hydrogen) atoms. The highest BCUT2D eigenvalue weighted by Gasteiger charge is 2.30. The Kier molecular flexibility index (Phi) is 5.32. The number of carbonyl (C=O) groups is 1. The largest absolute Gasteiger partial charge is 0.334 e. The summed E-state index contributed by atoms with van der Waals surface area (Å²) in [7, 11) is 0. The average molecular weight is 352 g/mol. The minimum Gasteiger partial charge on any atom is -0.334 e. The molecule has 1 aliphatic rings. The number of hydrogen-bond donors (Lipinski definition) is 0. The number of thioether (sulfide) groups is 1. The minimum atomic E-state index is 0.171. The van der Waals surface area contributed by atoms with E-state index in [0.29, 0.717) is 11.7 Å². The molecule has 0 spiro atoms. The van der Waals surface area contributed by atoms with E-state index in [4.69, 9.17) is 0 Å². The van der Waals surface area contributed by atoms with Crippen molar-refractivity contribution in [3.8, 4) is 0 Å². The molecular formula is C15H21N5OS2. The summed E-state index contributed by atoms with van der Waals surface area (Å²) >= 11 is 3.16. The third-order valence-corrected chi connectivity index (χ3v) is 5.72. The summed E-state index contributed by atoms with van der Waals surface area (Å²) in [5.41, 5.74) is 0. The molecule has 0 aromatic carbocycles. The first-order valence-electron chi connectivity index (χ1n) is 7.87. The van der Waals surface area contributed by atoms with Crippen molar-refractivity contribution in [2.75, 3.05) is 12.3 Å². The fraction of sp³-hybridized carbons (Fsp3) is 0.600. The first kappa shape index (κ1) is 16.4. The Morgan fingerprint density at radius 1 is 1.52 bits per heavy atom. The van der Waals surface area contributed by atoms with Gasteiger partial charge in [0.15, 0.2) is 0 Å². The second-order valence-electron chi connectivity index (χ2n) is 6.09. The maximum Gasteiger partial charge on any atom is 0.233 e. The summed E-state index contributed by atoms with van der Waals surface area (Å²) in [5.74, 6) is 1.03. The van der Waals surface area contributed by atoms with Gasteiger partial charge in [0.2, 0.25) is 11.1 Å². The standard InChI is InChI=1S/C15H21N5OS2/c1-11(2)9-20-15(16-17-18-20)23-10-14(21)19-7-3-5-12(19)13-6-4-8-22-13/h4,6,8,11-12H,3,5,7,9-10H2,1-2H3. The van der Waals surface area contributed by atoms with E-state index in [1.54, 1.807) is 16.0 Å². The number of likely N-dealkylation sites (tertiary alicyclic amines) is 1. The van der Waals surface area contributed by atoms with Crippen molar-refractivity contribution in [2.24, 2.45) is 5.92 Å². The van der Waals surface area contributed by atoms with Gasteiger partial charge in [0.1, 0.15) is 0 Å². The number of amides is 1. The van der Waals surface area contributed by atoms with Crippen LogP contribution in [0.15, 0.2) is 22.7 Å². The van der Waals surface area contributed by atoms with E-state index in [2.05, 4.69) is 46.9 Å². The van der Waals surface area contributed by atoms with E-state index in [1.807, 2.05) is 4.90 Å². The minimum absolute atomic E-state index is 0.171. The van der Waals surface area contributed by atoms with Gasteiger partial charge in [-0.15, -0.1) is 16.4 Å². The van der Waals surface area contributed by atoms with Gasteiger partial charge < -0.3 is 4.90 Å². The van der Waals surface area contributed by atoms with Gasteiger partial charge in [-0.3, -0.25) is 4.79 Å². The van der Waals surface area contributed by atoms with Crippen molar-refractivity contribution in [3.63, 3.8) is 0 Å². The van der Waals surface area contributed by atoms with Gasteiger partial charge in [0.25, 0.3) is 0 Å². The van der Waals surface area contributed by atoms with E-state index in [1.165, 1.54) is 16.6 Å². The van der Waals surface area contributed by atoms with E-state index in [9.17, 15) is 4.79 Å². The lowest BCUT2D eigenvalue weighted by Gasteiger charge is -2.23. The molecule has 2 aromatic rings. The molecule has 1 amide bonds. The van der Waals surface area contributed by atoms with Crippen LogP contribution in [0.5, 0.6) is 0 Å². The molecule has 6 nitrogen and oxygen atoms in total. The SMILES string of the molecule is CC(C)Cn1nnnc1SCC(=O)N1CCCC1c1cccs1. The highest BCUT2D eigenvalue weighted by Crippen LogP contribution is 2.35. The fourth-order valence-electron chi connectivity index (χ4n) is 2.81. The van der Waals surface area contributed by atoms with Crippen molar-refractivity contribution in [1.29, 1.82) is 0 Å². The first-order chi connectivity index (χ1) is 11.1. The lowest BCUT2D eigenvalue weighted by atomic mass is 10.2. The Balaban J connectivity index is 1.60. The number of rotatable bonds is 6. The Bertz CT molecular complexity index is 640. The molecule has 0 saturated carbocycles. The number of thiophene rings is 1. The molecule has 1 atom stereocenters. The van der Waals surface area contributed by atoms with Gasteiger partial charge in [0, 0.05) is 18.0 Å². The Labute approximate surface area is 144 Å². The van der Waals surface area contributed by atoms with Gasteiger partial charge in [-0.1, -0.05) is 31.7 Å². The van der Waals surface area contributed by atoms with Crippen molar-refractivity contribution < 1.29 is 4.79 Å². The Morgan fingerprint density at radius 3 is 3.13 bits per heavy atom. The zero-order valence-corrected chi connectivity index (χ0v) is 15.0. The Hall–Kier alpha value is -1.41. The molecule has 0 aliphatic carbocycles. The molecule has 1 saturated heterocycles. The number of carbonyl (C=O) groups excluding carboxylic acids is 1. The smallest absolute Gasteiger partial charge is 0.233 e. The topological polar surface area (TPSA) is 63.9 Å². The van der Waals surface area contributed by atoms with Crippen LogP contribution in [0.2, 0.25) is 0 Å². The molecule has 1 aliphatic heterocycles. The Morgan fingerprint density at radius 2 is 2.39 bits per heavy atom. The maximum atomic E-state index is 12.6. The third kappa shape index (κ3) is 3.92. The third-order valence-electron chi connectivity index (χ3n) is 3.81. The zero-order valence-electron chi connectivity index (χ0n) is 13.4. The predicted molar refractivity (Wildman–Crippen MR) is 91.4 cm³/mol. The van der Waals surface area contributed by atoms with Crippen LogP contribution >= 0.6 is 23.1 Å². The predicted octanol–water partition coefficient (Wildman–Crippen LogP) is 2.85. The lowest BCUT2D eigenvalue weighted by Crippen LogP contribution is -2.31. The zero-order chi connectivity index (χ0) is 16.2. The van der Waals surface area contributed by atoms with Gasteiger partial charge >= 0.3 is 0 Å². The molecule has 3 heterocycles. The molecule has 1 fully saturated rings. The van der Waals surface area contributed by atoms with Crippen molar-refractivity contribution in [2.45, 2.75) is 44.4 Å². The van der Waals surface area contributed by atoms with Crippen LogP contribution in [0.1, 0.15) is 37.6 Å². The molecule has 124 valence electrons. The van der Waals surface area contributed by atoms with E-state index in [0.717, 1.165) is 31.1 Å². The van der Waals surface area contributed by atoms with Crippen LogP contribution < -0.4 is 0 Å². The molecular weight excluding hydrogens is 330 g/mol. The summed E-state index contributed by atoms with van der Waals surface area (Å²) in [6, 6.07) is 4.42. The normalized spacial score (nSPS) is 18.0. The number of tetrazole rings is 1. The summed E-state index contributed by atoms with van der Waals surface area (Å²) in [6.07, 6.45) is 2.13. The second-order valence-corrected chi connectivity index (χ2v) is 8.01. The van der Waals surface area contributed by atoms with E-state index < -0.39 is 0 Å². The van der Waals surface area contributed by atoms with Crippen LogP contribution in [0.4, 0.5) is 0 Å². The molecule has 8 heteroatoms. The van der Waals surface area contributed by atoms with Crippen LogP contribution in [0.3, 0.4) is 0 Å². The number of aromatic nitrogens is 4. The van der Waals surface area contributed by atoms with Crippen molar-refractivity contribution in [1.82, 2.24) is 25.1 Å². The van der Waals surface area contributed by atoms with Gasteiger partial charge in [0.05, 0.1) is 11.8 Å². The quantitative estimate of drug-likeness (QED) is 0.749. The molecule has 2 aromatic heterocycles. The summed E-state index contributed by atoms with van der Waals surface area (Å²) in [5, 5.41) is 14.6. The van der Waals surface area contributed by atoms with Gasteiger partial charge in [-0.05, 0) is 40.6 Å². The summed E-state index contributed by atoms with van der Waals surface area (Å²) in [4.78, 5) is 15.9. The fourth-order valence-corrected chi connectivity index (χ4v) is 4.46. The van der Waals surface area contributed by atoms with E-state index in [-0.39, 0.29) is 11.9 Å². The first-order valence-corrected chi connectivity index (χ1v) is 9.73. The molecule has 0 bridgehead atoms. The van der Waals surface area contributed by atoms with Gasteiger partial charge in [-0.2, -0.15) is 0 Å². The van der Waals surface area contributed by atoms with Crippen LogP contribution in [-0.4, -0.2) is 43.3 Å². The van der Waals surface area contributed by atoms with Crippen LogP contribution in [-0.2, 0) is 11.3 Å². The maximum absolute atomic E-state index is 12.6. The van der Waals surface area contributed by atoms with Crippen LogP contribution in [0, 0.1) is 5.92 Å². The van der Waals surface area contributed by atoms with Crippen LogP contribution in [0.25, 0.3) is 0 Å². The molecule has 0 radical (unpaired) electrons.